The molecule has 0 amide bonds. The molecule has 0 N–H and O–H groups in total. The van der Waals surface area contributed by atoms with Gasteiger partial charge in [-0.2, -0.15) is 0 Å². The topological polar surface area (TPSA) is 111 Å². The van der Waals surface area contributed by atoms with Crippen LogP contribution in [0, 0.1) is 0 Å². The number of esters is 2. The minimum Gasteiger partial charge on any atom is -0.756 e. The molecule has 0 aliphatic heterocycles. The fourth-order valence-corrected chi connectivity index (χ4v) is 13.3. The highest BCUT2D eigenvalue weighted by molar-refractivity contribution is 7.45. The van der Waals surface area contributed by atoms with Gasteiger partial charge in [0.05, 0.1) is 27.7 Å². The van der Waals surface area contributed by atoms with Crippen LogP contribution < -0.4 is 4.89 Å². The molecule has 100 heavy (non-hydrogen) atoms. The largest absolute Gasteiger partial charge is 0.756 e. The van der Waals surface area contributed by atoms with Crippen molar-refractivity contribution in [3.63, 3.8) is 0 Å². The van der Waals surface area contributed by atoms with Crippen LogP contribution in [0.25, 0.3) is 0 Å². The molecule has 582 valence electrons. The first kappa shape index (κ1) is 96.9. The summed E-state index contributed by atoms with van der Waals surface area (Å²) in [6, 6.07) is 0. The number of quaternary nitrogens is 1. The van der Waals surface area contributed by atoms with Gasteiger partial charge in [-0.15, -0.1) is 0 Å². The quantitative estimate of drug-likeness (QED) is 0.0195. The van der Waals surface area contributed by atoms with Gasteiger partial charge in [0, 0.05) is 12.8 Å². The average Bonchev–Trinajstić information content (AvgIpc) is 1.02. The van der Waals surface area contributed by atoms with E-state index in [0.29, 0.717) is 17.4 Å². The molecule has 0 bridgehead atoms. The minimum absolute atomic E-state index is 0.0312. The summed E-state index contributed by atoms with van der Waals surface area (Å²) in [6.45, 7) is 4.18. The van der Waals surface area contributed by atoms with Crippen molar-refractivity contribution in [2.24, 2.45) is 0 Å². The van der Waals surface area contributed by atoms with Crippen molar-refractivity contribution in [2.75, 3.05) is 47.5 Å². The molecule has 0 saturated heterocycles. The lowest BCUT2D eigenvalue weighted by molar-refractivity contribution is -0.870. The first-order valence-electron chi connectivity index (χ1n) is 42.9. The van der Waals surface area contributed by atoms with E-state index in [2.05, 4.69) is 111 Å². The second-order valence-corrected chi connectivity index (χ2v) is 31.6. The number of nitrogens with zero attached hydrogens (tertiary/aromatic N) is 1. The molecule has 0 aromatic rings. The van der Waals surface area contributed by atoms with Crippen molar-refractivity contribution >= 4 is 19.8 Å². The lowest BCUT2D eigenvalue weighted by atomic mass is 10.0. The van der Waals surface area contributed by atoms with Crippen LogP contribution >= 0.6 is 7.82 Å². The third-order valence-corrected chi connectivity index (χ3v) is 20.1. The number of hydrogen-bond donors (Lipinski definition) is 0. The molecule has 0 fully saturated rings. The summed E-state index contributed by atoms with van der Waals surface area (Å²) in [4.78, 5) is 38.2. The predicted molar refractivity (Wildman–Crippen MR) is 434 cm³/mol. The van der Waals surface area contributed by atoms with Gasteiger partial charge in [0.25, 0.3) is 7.82 Å². The van der Waals surface area contributed by atoms with Crippen LogP contribution in [0.15, 0.2) is 97.2 Å². The molecule has 0 aromatic carbocycles. The number of carbonyl (C=O) groups excluding carboxylic acids is 2. The maximum Gasteiger partial charge on any atom is 0.306 e. The summed E-state index contributed by atoms with van der Waals surface area (Å²) < 4.78 is 34.5. The molecule has 0 aliphatic carbocycles. The smallest absolute Gasteiger partial charge is 0.306 e. The molecule has 10 heteroatoms. The van der Waals surface area contributed by atoms with Gasteiger partial charge in [-0.1, -0.05) is 400 Å². The molecule has 0 heterocycles. The Balaban J connectivity index is 3.91. The summed E-state index contributed by atoms with van der Waals surface area (Å²) in [6.07, 6.45) is 113. The van der Waals surface area contributed by atoms with Gasteiger partial charge >= 0.3 is 11.9 Å². The fourth-order valence-electron chi connectivity index (χ4n) is 12.6. The van der Waals surface area contributed by atoms with Crippen molar-refractivity contribution in [3.8, 4) is 0 Å². The van der Waals surface area contributed by atoms with E-state index in [-0.39, 0.29) is 32.0 Å². The van der Waals surface area contributed by atoms with Crippen molar-refractivity contribution < 1.29 is 42.1 Å². The number of ether oxygens (including phenoxy) is 2. The molecule has 0 saturated carbocycles. The third-order valence-electron chi connectivity index (χ3n) is 19.1. The molecule has 2 atom stereocenters. The van der Waals surface area contributed by atoms with Crippen molar-refractivity contribution in [3.05, 3.63) is 97.2 Å². The van der Waals surface area contributed by atoms with Crippen LogP contribution in [0.3, 0.4) is 0 Å². The van der Waals surface area contributed by atoms with Gasteiger partial charge < -0.3 is 27.9 Å². The van der Waals surface area contributed by atoms with Crippen LogP contribution in [-0.2, 0) is 32.7 Å². The van der Waals surface area contributed by atoms with Gasteiger partial charge in [0.2, 0.25) is 0 Å². The van der Waals surface area contributed by atoms with Crippen LogP contribution in [0.5, 0.6) is 0 Å². The van der Waals surface area contributed by atoms with Crippen molar-refractivity contribution in [1.82, 2.24) is 0 Å². The Morgan fingerprint density at radius 2 is 0.570 bits per heavy atom. The molecule has 9 nitrogen and oxygen atoms in total. The molecular formula is C90H164NO8P. The Kier molecular flexibility index (Phi) is 77.6. The number of carbonyl (C=O) groups is 2. The Morgan fingerprint density at radius 3 is 0.860 bits per heavy atom. The van der Waals surface area contributed by atoms with Gasteiger partial charge in [-0.25, -0.2) is 0 Å². The standard InChI is InChI=1S/C90H164NO8P/c1-6-8-10-12-14-16-18-20-22-24-26-28-30-32-34-36-38-40-42-44-45-47-48-50-52-54-56-58-60-62-64-66-68-70-72-74-76-78-80-82-89(92)96-86-88(87-98-100(94,95)97-85-84-91(3,4)5)99-90(93)83-81-79-77-75-73-71-69-67-65-63-61-59-57-55-53-51-49-46-43-41-39-37-35-33-31-29-27-25-23-21-19-17-15-13-11-9-7-2/h9,11,15,17,21,23-24,26-27,29,33,35,39,41,46,49,88H,6-8,10,12-14,16,18-20,22,25,28,30-32,34,36-38,40,42-45,47-48,50-87H2,1-5H3/b11-9-,17-15-,23-21-,26-24-,29-27-,35-33-,41-39-,49-46-. The molecule has 0 radical (unpaired) electrons. The van der Waals surface area contributed by atoms with Crippen molar-refractivity contribution in [2.45, 2.75) is 418 Å². The second-order valence-electron chi connectivity index (χ2n) is 30.2. The molecule has 0 aromatic heterocycles. The zero-order valence-corrected chi connectivity index (χ0v) is 67.5. The minimum atomic E-state index is -4.65. The highest BCUT2D eigenvalue weighted by Gasteiger charge is 2.22. The number of likely N-dealkylation sites (N-methyl/N-ethyl adjacent to an activating group) is 1. The number of allylic oxidation sites excluding steroid dienone is 16. The van der Waals surface area contributed by atoms with E-state index in [1.54, 1.807) is 0 Å². The zero-order chi connectivity index (χ0) is 72.5. The highest BCUT2D eigenvalue weighted by atomic mass is 31.2. The third kappa shape index (κ3) is 83.9. The van der Waals surface area contributed by atoms with Gasteiger partial charge in [-0.05, 0) is 96.3 Å². The summed E-state index contributed by atoms with van der Waals surface area (Å²) in [5.74, 6) is -0.816. The maximum absolute atomic E-state index is 12.9. The summed E-state index contributed by atoms with van der Waals surface area (Å²) >= 11 is 0. The van der Waals surface area contributed by atoms with Crippen LogP contribution in [0.2, 0.25) is 0 Å². The number of hydrogen-bond acceptors (Lipinski definition) is 8. The zero-order valence-electron chi connectivity index (χ0n) is 66.6. The Morgan fingerprint density at radius 1 is 0.320 bits per heavy atom. The van der Waals surface area contributed by atoms with E-state index in [1.165, 1.54) is 295 Å². The molecule has 2 unspecified atom stereocenters. The fraction of sp³-hybridized carbons (Fsp3) is 0.800. The summed E-state index contributed by atoms with van der Waals surface area (Å²) in [7, 11) is 1.18. The number of rotatable bonds is 80. The van der Waals surface area contributed by atoms with E-state index in [4.69, 9.17) is 18.5 Å². The van der Waals surface area contributed by atoms with Gasteiger partial charge in [-0.3, -0.25) is 14.2 Å². The van der Waals surface area contributed by atoms with E-state index in [0.717, 1.165) is 83.5 Å². The van der Waals surface area contributed by atoms with Crippen molar-refractivity contribution in [1.29, 1.82) is 0 Å². The lowest BCUT2D eigenvalue weighted by Gasteiger charge is -2.28. The van der Waals surface area contributed by atoms with Crippen LogP contribution in [0.4, 0.5) is 0 Å². The molecule has 0 spiro atoms. The number of unbranched alkanes of at least 4 members (excludes halogenated alkanes) is 50. The van der Waals surface area contributed by atoms with Gasteiger partial charge in [0.1, 0.15) is 19.8 Å². The monoisotopic (exact) mass is 1420 g/mol. The highest BCUT2D eigenvalue weighted by Crippen LogP contribution is 2.38. The lowest BCUT2D eigenvalue weighted by Crippen LogP contribution is -2.37. The molecule has 0 aliphatic rings. The predicted octanol–water partition coefficient (Wildman–Crippen LogP) is 28.3. The normalized spacial score (nSPS) is 13.5. The van der Waals surface area contributed by atoms with Crippen LogP contribution in [0.1, 0.15) is 412 Å². The number of phosphoric acid groups is 1. The van der Waals surface area contributed by atoms with E-state index < -0.39 is 26.5 Å². The SMILES string of the molecule is CC/C=C\C/C=C\C/C=C\C/C=C\C/C=C\C/C=C\C/C=C\CCCCCCCCCCCCCCCCCC(=O)OC(COC(=O)CCCCCCCCCCCCCCCCCCCCCCCCCCCCC/C=C\CCCCCCCCCC)COP(=O)([O-])OCC[N+](C)(C)C. The van der Waals surface area contributed by atoms with Crippen LogP contribution in [-0.4, -0.2) is 70.0 Å². The maximum atomic E-state index is 12.9. The Hall–Kier alpha value is -3.07. The van der Waals surface area contributed by atoms with Gasteiger partial charge in [0.15, 0.2) is 6.10 Å². The van der Waals surface area contributed by atoms with E-state index in [9.17, 15) is 19.0 Å². The number of phosphoric ester groups is 1. The van der Waals surface area contributed by atoms with E-state index in [1.807, 2.05) is 21.1 Å². The first-order chi connectivity index (χ1) is 49.0. The Bertz CT molecular complexity index is 2010. The van der Waals surface area contributed by atoms with E-state index >= 15 is 0 Å². The summed E-state index contributed by atoms with van der Waals surface area (Å²) in [5, 5.41) is 0. The first-order valence-corrected chi connectivity index (χ1v) is 44.4. The molecular weight excluding hydrogens is 1250 g/mol. The second kappa shape index (κ2) is 80.0. The molecule has 0 rings (SSSR count). The Labute approximate surface area is 621 Å². The average molecular weight is 1420 g/mol. The summed E-state index contributed by atoms with van der Waals surface area (Å²) in [5.41, 5.74) is 0.